The van der Waals surface area contributed by atoms with Crippen LogP contribution in [0.15, 0.2) is 54.6 Å². The fraction of sp³-hybridized carbons (Fsp3) is 0.235. The number of benzene rings is 2. The monoisotopic (exact) mass is 301 g/mol. The minimum atomic E-state index is -0.182. The SMILES string of the molecule is COc1cccc(OCCNC(=O)COc2ccccc2)c1. The van der Waals surface area contributed by atoms with Crippen LogP contribution in [0.3, 0.4) is 0 Å². The Morgan fingerprint density at radius 3 is 2.45 bits per heavy atom. The molecule has 0 aliphatic carbocycles. The van der Waals surface area contributed by atoms with Gasteiger partial charge in [0.2, 0.25) is 0 Å². The van der Waals surface area contributed by atoms with Crippen LogP contribution in [-0.4, -0.2) is 32.8 Å². The second-order valence-corrected chi connectivity index (χ2v) is 4.48. The zero-order valence-electron chi connectivity index (χ0n) is 12.5. The number of para-hydroxylation sites is 1. The Hall–Kier alpha value is -2.69. The third-order valence-corrected chi connectivity index (χ3v) is 2.85. The van der Waals surface area contributed by atoms with Gasteiger partial charge in [-0.1, -0.05) is 24.3 Å². The van der Waals surface area contributed by atoms with E-state index in [0.29, 0.717) is 24.7 Å². The Bertz CT molecular complexity index is 586. The van der Waals surface area contributed by atoms with Gasteiger partial charge in [0.05, 0.1) is 13.7 Å². The molecule has 0 fully saturated rings. The number of carbonyl (C=O) groups is 1. The average molecular weight is 301 g/mol. The first-order chi connectivity index (χ1) is 10.8. The van der Waals surface area contributed by atoms with Gasteiger partial charge in [-0.05, 0) is 24.3 Å². The predicted octanol–water partition coefficient (Wildman–Crippen LogP) is 2.27. The second kappa shape index (κ2) is 8.56. The van der Waals surface area contributed by atoms with Crippen molar-refractivity contribution in [1.82, 2.24) is 5.32 Å². The lowest BCUT2D eigenvalue weighted by Gasteiger charge is -2.09. The number of amides is 1. The summed E-state index contributed by atoms with van der Waals surface area (Å²) in [5.41, 5.74) is 0. The highest BCUT2D eigenvalue weighted by Crippen LogP contribution is 2.18. The van der Waals surface area contributed by atoms with Crippen LogP contribution in [-0.2, 0) is 4.79 Å². The summed E-state index contributed by atoms with van der Waals surface area (Å²) in [5, 5.41) is 2.73. The lowest BCUT2D eigenvalue weighted by Crippen LogP contribution is -2.32. The summed E-state index contributed by atoms with van der Waals surface area (Å²) in [5.74, 6) is 1.93. The number of rotatable bonds is 8. The Labute approximate surface area is 129 Å². The van der Waals surface area contributed by atoms with Crippen LogP contribution >= 0.6 is 0 Å². The molecule has 0 saturated carbocycles. The van der Waals surface area contributed by atoms with E-state index in [-0.39, 0.29) is 12.5 Å². The molecular weight excluding hydrogens is 282 g/mol. The van der Waals surface area contributed by atoms with Crippen LogP contribution in [0.1, 0.15) is 0 Å². The summed E-state index contributed by atoms with van der Waals surface area (Å²) in [4.78, 5) is 11.6. The van der Waals surface area contributed by atoms with Crippen molar-refractivity contribution in [1.29, 1.82) is 0 Å². The van der Waals surface area contributed by atoms with E-state index in [4.69, 9.17) is 14.2 Å². The Morgan fingerprint density at radius 2 is 1.68 bits per heavy atom. The van der Waals surface area contributed by atoms with E-state index in [1.165, 1.54) is 0 Å². The van der Waals surface area contributed by atoms with Crippen molar-refractivity contribution in [2.24, 2.45) is 0 Å². The maximum absolute atomic E-state index is 11.6. The van der Waals surface area contributed by atoms with E-state index >= 15 is 0 Å². The molecule has 2 rings (SSSR count). The first-order valence-corrected chi connectivity index (χ1v) is 6.99. The number of methoxy groups -OCH3 is 1. The standard InChI is InChI=1S/C17H19NO4/c1-20-15-8-5-9-16(12-15)21-11-10-18-17(19)13-22-14-6-3-2-4-7-14/h2-9,12H,10-11,13H2,1H3,(H,18,19). The molecule has 1 N–H and O–H groups in total. The number of carbonyl (C=O) groups excluding carboxylic acids is 1. The fourth-order valence-corrected chi connectivity index (χ4v) is 1.77. The molecule has 0 atom stereocenters. The van der Waals surface area contributed by atoms with Crippen molar-refractivity contribution in [2.45, 2.75) is 0 Å². The Kier molecular flexibility index (Phi) is 6.11. The van der Waals surface area contributed by atoms with Crippen LogP contribution < -0.4 is 19.5 Å². The summed E-state index contributed by atoms with van der Waals surface area (Å²) in [6.45, 7) is 0.779. The van der Waals surface area contributed by atoms with Gasteiger partial charge in [-0.25, -0.2) is 0 Å². The van der Waals surface area contributed by atoms with Crippen molar-refractivity contribution < 1.29 is 19.0 Å². The molecule has 0 heterocycles. The van der Waals surface area contributed by atoms with Crippen molar-refractivity contribution in [3.05, 3.63) is 54.6 Å². The predicted molar refractivity (Wildman–Crippen MR) is 83.4 cm³/mol. The molecule has 5 nitrogen and oxygen atoms in total. The first kappa shape index (κ1) is 15.7. The molecule has 0 saturated heterocycles. The van der Waals surface area contributed by atoms with E-state index in [2.05, 4.69) is 5.32 Å². The van der Waals surface area contributed by atoms with Gasteiger partial charge in [-0.15, -0.1) is 0 Å². The van der Waals surface area contributed by atoms with Gasteiger partial charge in [0, 0.05) is 6.07 Å². The van der Waals surface area contributed by atoms with Crippen molar-refractivity contribution in [3.8, 4) is 17.2 Å². The molecule has 0 aliphatic rings. The lowest BCUT2D eigenvalue weighted by molar-refractivity contribution is -0.123. The summed E-state index contributed by atoms with van der Waals surface area (Å²) >= 11 is 0. The van der Waals surface area contributed by atoms with Gasteiger partial charge >= 0.3 is 0 Å². The molecule has 22 heavy (non-hydrogen) atoms. The average Bonchev–Trinajstić information content (AvgIpc) is 2.58. The molecule has 116 valence electrons. The number of nitrogens with one attached hydrogen (secondary N) is 1. The molecule has 0 radical (unpaired) electrons. The highest BCUT2D eigenvalue weighted by Gasteiger charge is 2.02. The minimum absolute atomic E-state index is 0.0107. The van der Waals surface area contributed by atoms with E-state index in [9.17, 15) is 4.79 Å². The van der Waals surface area contributed by atoms with E-state index < -0.39 is 0 Å². The lowest BCUT2D eigenvalue weighted by atomic mass is 10.3. The summed E-state index contributed by atoms with van der Waals surface area (Å²) in [7, 11) is 1.60. The van der Waals surface area contributed by atoms with Gasteiger partial charge in [-0.2, -0.15) is 0 Å². The van der Waals surface area contributed by atoms with Crippen molar-refractivity contribution in [3.63, 3.8) is 0 Å². The van der Waals surface area contributed by atoms with Gasteiger partial charge in [0.15, 0.2) is 6.61 Å². The molecule has 2 aromatic rings. The highest BCUT2D eigenvalue weighted by atomic mass is 16.5. The molecule has 0 aliphatic heterocycles. The molecule has 0 unspecified atom stereocenters. The first-order valence-electron chi connectivity index (χ1n) is 6.99. The summed E-state index contributed by atoms with van der Waals surface area (Å²) < 4.78 is 16.0. The Morgan fingerprint density at radius 1 is 0.955 bits per heavy atom. The van der Waals surface area contributed by atoms with E-state index in [1.807, 2.05) is 36.4 Å². The van der Waals surface area contributed by atoms with Crippen molar-refractivity contribution >= 4 is 5.91 Å². The second-order valence-electron chi connectivity index (χ2n) is 4.48. The molecule has 0 spiro atoms. The third kappa shape index (κ3) is 5.36. The van der Waals surface area contributed by atoms with Crippen LogP contribution in [0.5, 0.6) is 17.2 Å². The number of hydrogen-bond acceptors (Lipinski definition) is 4. The van der Waals surface area contributed by atoms with Crippen LogP contribution in [0.25, 0.3) is 0 Å². The smallest absolute Gasteiger partial charge is 0.258 e. The normalized spacial score (nSPS) is 9.86. The van der Waals surface area contributed by atoms with E-state index in [1.54, 1.807) is 25.3 Å². The molecular formula is C17H19NO4. The van der Waals surface area contributed by atoms with Gasteiger partial charge < -0.3 is 19.5 Å². The fourth-order valence-electron chi connectivity index (χ4n) is 1.77. The minimum Gasteiger partial charge on any atom is -0.497 e. The Balaban J connectivity index is 1.62. The van der Waals surface area contributed by atoms with Gasteiger partial charge in [0.25, 0.3) is 5.91 Å². The van der Waals surface area contributed by atoms with Gasteiger partial charge in [-0.3, -0.25) is 4.79 Å². The van der Waals surface area contributed by atoms with Crippen LogP contribution in [0, 0.1) is 0 Å². The van der Waals surface area contributed by atoms with Crippen LogP contribution in [0.4, 0.5) is 0 Å². The zero-order valence-corrected chi connectivity index (χ0v) is 12.5. The summed E-state index contributed by atoms with van der Waals surface area (Å²) in [6.07, 6.45) is 0. The molecule has 0 aromatic heterocycles. The quantitative estimate of drug-likeness (QED) is 0.760. The third-order valence-electron chi connectivity index (χ3n) is 2.85. The topological polar surface area (TPSA) is 56.8 Å². The maximum Gasteiger partial charge on any atom is 0.258 e. The zero-order chi connectivity index (χ0) is 15.6. The molecule has 0 bridgehead atoms. The molecule has 1 amide bonds. The number of ether oxygens (including phenoxy) is 3. The highest BCUT2D eigenvalue weighted by molar-refractivity contribution is 5.77. The van der Waals surface area contributed by atoms with Crippen molar-refractivity contribution in [2.75, 3.05) is 26.9 Å². The largest absolute Gasteiger partial charge is 0.497 e. The van der Waals surface area contributed by atoms with Crippen LogP contribution in [0.2, 0.25) is 0 Å². The molecule has 5 heteroatoms. The molecule has 2 aromatic carbocycles. The maximum atomic E-state index is 11.6. The van der Waals surface area contributed by atoms with Gasteiger partial charge in [0.1, 0.15) is 23.9 Å². The summed E-state index contributed by atoms with van der Waals surface area (Å²) in [6, 6.07) is 16.5. The number of hydrogen-bond donors (Lipinski definition) is 1. The van der Waals surface area contributed by atoms with E-state index in [0.717, 1.165) is 5.75 Å².